The molecule has 2 fully saturated rings. The summed E-state index contributed by atoms with van der Waals surface area (Å²) >= 11 is 0. The van der Waals surface area contributed by atoms with Gasteiger partial charge in [0.25, 0.3) is 0 Å². The Bertz CT molecular complexity index is 533. The number of anilines is 1. The van der Waals surface area contributed by atoms with Crippen LogP contribution in [-0.2, 0) is 10.9 Å². The van der Waals surface area contributed by atoms with E-state index in [4.69, 9.17) is 4.74 Å². The molecule has 0 aromatic heterocycles. The highest BCUT2D eigenvalue weighted by molar-refractivity contribution is 5.49. The summed E-state index contributed by atoms with van der Waals surface area (Å²) in [6, 6.07) is 5.49. The molecule has 4 nitrogen and oxygen atoms in total. The first-order valence-electron chi connectivity index (χ1n) is 7.75. The molecule has 2 aliphatic heterocycles. The molecule has 23 heavy (non-hydrogen) atoms. The Labute approximate surface area is 133 Å². The van der Waals surface area contributed by atoms with E-state index in [-0.39, 0.29) is 12.0 Å². The summed E-state index contributed by atoms with van der Waals surface area (Å²) in [6.45, 7) is 4.97. The fourth-order valence-electron chi connectivity index (χ4n) is 3.14. The topological polar surface area (TPSA) is 35.9 Å². The minimum Gasteiger partial charge on any atom is -0.396 e. The quantitative estimate of drug-likeness (QED) is 0.914. The maximum absolute atomic E-state index is 12.8. The number of hydrogen-bond acceptors (Lipinski definition) is 4. The number of ether oxygens (including phenoxy) is 1. The van der Waals surface area contributed by atoms with Gasteiger partial charge in [-0.2, -0.15) is 13.2 Å². The standard InChI is InChI=1S/C16H21F3N2O2/c17-16(18,19)13-2-1-3-14(8-13)21-6-4-20(5-7-21)9-15(10-22)11-23-12-15/h1-3,8,22H,4-7,9-12H2. The molecule has 1 aromatic rings. The average Bonchev–Trinajstić information content (AvgIpc) is 2.51. The zero-order valence-corrected chi connectivity index (χ0v) is 12.9. The van der Waals surface area contributed by atoms with Gasteiger partial charge in [-0.3, -0.25) is 4.90 Å². The molecule has 2 saturated heterocycles. The molecule has 128 valence electrons. The molecular weight excluding hydrogens is 309 g/mol. The molecule has 0 spiro atoms. The largest absolute Gasteiger partial charge is 0.416 e. The van der Waals surface area contributed by atoms with E-state index in [0.717, 1.165) is 25.7 Å². The maximum Gasteiger partial charge on any atom is 0.416 e. The number of aliphatic hydroxyl groups is 1. The predicted octanol–water partition coefficient (Wildman–Crippen LogP) is 1.84. The first kappa shape index (κ1) is 16.5. The highest BCUT2D eigenvalue weighted by Gasteiger charge is 2.40. The van der Waals surface area contributed by atoms with Crippen LogP contribution in [0.15, 0.2) is 24.3 Å². The Hall–Kier alpha value is -1.31. The lowest BCUT2D eigenvalue weighted by molar-refractivity contribution is -0.148. The van der Waals surface area contributed by atoms with Crippen LogP contribution >= 0.6 is 0 Å². The van der Waals surface area contributed by atoms with Gasteiger partial charge in [-0.1, -0.05) is 6.07 Å². The van der Waals surface area contributed by atoms with E-state index in [2.05, 4.69) is 4.90 Å². The van der Waals surface area contributed by atoms with Gasteiger partial charge in [0.1, 0.15) is 0 Å². The van der Waals surface area contributed by atoms with Crippen molar-refractivity contribution in [3.8, 4) is 0 Å². The van der Waals surface area contributed by atoms with Crippen LogP contribution in [0.5, 0.6) is 0 Å². The number of halogens is 3. The van der Waals surface area contributed by atoms with Crippen molar-refractivity contribution in [1.29, 1.82) is 0 Å². The van der Waals surface area contributed by atoms with E-state index in [0.29, 0.717) is 32.0 Å². The first-order valence-corrected chi connectivity index (χ1v) is 7.75. The highest BCUT2D eigenvalue weighted by atomic mass is 19.4. The zero-order chi connectivity index (χ0) is 16.5. The molecule has 0 saturated carbocycles. The molecule has 1 aromatic carbocycles. The summed E-state index contributed by atoms with van der Waals surface area (Å²) in [5.41, 5.74) is -0.148. The summed E-state index contributed by atoms with van der Waals surface area (Å²) in [4.78, 5) is 4.23. The number of piperazine rings is 1. The minimum atomic E-state index is -4.31. The Kier molecular flexibility index (Phi) is 4.53. The van der Waals surface area contributed by atoms with Crippen LogP contribution < -0.4 is 4.90 Å². The van der Waals surface area contributed by atoms with Crippen molar-refractivity contribution in [3.05, 3.63) is 29.8 Å². The summed E-state index contributed by atoms with van der Waals surface area (Å²) in [6.07, 6.45) is -4.31. The van der Waals surface area contributed by atoms with E-state index in [9.17, 15) is 18.3 Å². The monoisotopic (exact) mass is 330 g/mol. The molecule has 0 atom stereocenters. The first-order chi connectivity index (χ1) is 10.9. The highest BCUT2D eigenvalue weighted by Crippen LogP contribution is 2.32. The van der Waals surface area contributed by atoms with Crippen LogP contribution in [0.4, 0.5) is 18.9 Å². The van der Waals surface area contributed by atoms with Crippen molar-refractivity contribution in [1.82, 2.24) is 4.90 Å². The lowest BCUT2D eigenvalue weighted by atomic mass is 9.86. The summed E-state index contributed by atoms with van der Waals surface area (Å²) in [7, 11) is 0. The van der Waals surface area contributed by atoms with Gasteiger partial charge >= 0.3 is 6.18 Å². The van der Waals surface area contributed by atoms with Gasteiger partial charge < -0.3 is 14.7 Å². The van der Waals surface area contributed by atoms with Crippen molar-refractivity contribution in [2.75, 3.05) is 57.4 Å². The fraction of sp³-hybridized carbons (Fsp3) is 0.625. The van der Waals surface area contributed by atoms with Gasteiger partial charge in [-0.05, 0) is 18.2 Å². The third kappa shape index (κ3) is 3.62. The second-order valence-electron chi connectivity index (χ2n) is 6.46. The smallest absolute Gasteiger partial charge is 0.396 e. The second kappa shape index (κ2) is 6.30. The molecule has 3 rings (SSSR count). The van der Waals surface area contributed by atoms with Crippen LogP contribution in [0.1, 0.15) is 5.56 Å². The number of rotatable bonds is 4. The number of alkyl halides is 3. The normalized spacial score (nSPS) is 22.0. The van der Waals surface area contributed by atoms with Gasteiger partial charge in [0.15, 0.2) is 0 Å². The van der Waals surface area contributed by atoms with Gasteiger partial charge in [-0.15, -0.1) is 0 Å². The van der Waals surface area contributed by atoms with Crippen LogP contribution in [-0.4, -0.2) is 62.6 Å². The Morgan fingerprint density at radius 1 is 1.13 bits per heavy atom. The molecule has 0 bridgehead atoms. The number of benzene rings is 1. The van der Waals surface area contributed by atoms with Crippen LogP contribution in [0, 0.1) is 5.41 Å². The van der Waals surface area contributed by atoms with Crippen molar-refractivity contribution < 1.29 is 23.0 Å². The minimum absolute atomic E-state index is 0.112. The number of hydrogen-bond donors (Lipinski definition) is 1. The molecule has 0 radical (unpaired) electrons. The molecular formula is C16H21F3N2O2. The molecule has 2 aliphatic rings. The van der Waals surface area contributed by atoms with E-state index in [1.54, 1.807) is 6.07 Å². The fourth-order valence-corrected chi connectivity index (χ4v) is 3.14. The molecule has 0 aliphatic carbocycles. The summed E-state index contributed by atoms with van der Waals surface area (Å²) in [5, 5.41) is 9.48. The molecule has 1 N–H and O–H groups in total. The van der Waals surface area contributed by atoms with Gasteiger partial charge in [-0.25, -0.2) is 0 Å². The van der Waals surface area contributed by atoms with E-state index in [1.165, 1.54) is 12.1 Å². The van der Waals surface area contributed by atoms with E-state index >= 15 is 0 Å². The number of nitrogens with zero attached hydrogens (tertiary/aromatic N) is 2. The van der Waals surface area contributed by atoms with Crippen molar-refractivity contribution in [2.24, 2.45) is 5.41 Å². The van der Waals surface area contributed by atoms with Crippen LogP contribution in [0.25, 0.3) is 0 Å². The van der Waals surface area contributed by atoms with Crippen molar-refractivity contribution in [3.63, 3.8) is 0 Å². The predicted molar refractivity (Wildman–Crippen MR) is 80.4 cm³/mol. The van der Waals surface area contributed by atoms with E-state index < -0.39 is 11.7 Å². The lowest BCUT2D eigenvalue weighted by Gasteiger charge is -2.45. The van der Waals surface area contributed by atoms with E-state index in [1.807, 2.05) is 4.90 Å². The second-order valence-corrected chi connectivity index (χ2v) is 6.46. The van der Waals surface area contributed by atoms with Gasteiger partial charge in [0.05, 0.1) is 30.8 Å². The summed E-state index contributed by atoms with van der Waals surface area (Å²) < 4.78 is 43.6. The zero-order valence-electron chi connectivity index (χ0n) is 12.9. The third-order valence-corrected chi connectivity index (χ3v) is 4.62. The van der Waals surface area contributed by atoms with Crippen LogP contribution in [0.3, 0.4) is 0 Å². The lowest BCUT2D eigenvalue weighted by Crippen LogP contribution is -2.57. The Balaban J connectivity index is 1.59. The third-order valence-electron chi connectivity index (χ3n) is 4.62. The average molecular weight is 330 g/mol. The number of aliphatic hydroxyl groups excluding tert-OH is 1. The Morgan fingerprint density at radius 3 is 2.35 bits per heavy atom. The summed E-state index contributed by atoms with van der Waals surface area (Å²) in [5.74, 6) is 0. The molecule has 2 heterocycles. The van der Waals surface area contributed by atoms with Crippen LogP contribution in [0.2, 0.25) is 0 Å². The van der Waals surface area contributed by atoms with Crippen molar-refractivity contribution in [2.45, 2.75) is 6.18 Å². The Morgan fingerprint density at radius 2 is 1.83 bits per heavy atom. The van der Waals surface area contributed by atoms with Gasteiger partial charge in [0, 0.05) is 38.4 Å². The maximum atomic E-state index is 12.8. The molecule has 0 unspecified atom stereocenters. The molecule has 7 heteroatoms. The molecule has 0 amide bonds. The van der Waals surface area contributed by atoms with Gasteiger partial charge in [0.2, 0.25) is 0 Å². The SMILES string of the molecule is OCC1(CN2CCN(c3cccc(C(F)(F)F)c3)CC2)COC1. The van der Waals surface area contributed by atoms with Crippen molar-refractivity contribution >= 4 is 5.69 Å².